The molecule has 0 aromatic heterocycles. The molecule has 1 amide bonds. The summed E-state index contributed by atoms with van der Waals surface area (Å²) >= 11 is 0. The van der Waals surface area contributed by atoms with Gasteiger partial charge in [0.2, 0.25) is 0 Å². The Balaban J connectivity index is 3.97. The van der Waals surface area contributed by atoms with E-state index in [0.29, 0.717) is 0 Å². The lowest BCUT2D eigenvalue weighted by Gasteiger charge is -2.20. The van der Waals surface area contributed by atoms with Crippen LogP contribution in [0.4, 0.5) is 4.79 Å². The van der Waals surface area contributed by atoms with Crippen LogP contribution in [0.3, 0.4) is 0 Å². The van der Waals surface area contributed by atoms with E-state index >= 15 is 0 Å². The molecular weight excluding hydrogens is 197 g/mol. The molecule has 0 heterocycles. The summed E-state index contributed by atoms with van der Waals surface area (Å²) in [5.41, 5.74) is -0.538. The molecule has 1 atom stereocenters. The van der Waals surface area contributed by atoms with E-state index in [1.54, 1.807) is 27.7 Å². The second kappa shape index (κ2) is 5.77. The molecule has 0 spiro atoms. The van der Waals surface area contributed by atoms with Crippen LogP contribution in [0.1, 0.15) is 27.7 Å². The highest BCUT2D eigenvalue weighted by molar-refractivity contribution is 6.47. The molecule has 3 N–H and O–H groups in total. The van der Waals surface area contributed by atoms with E-state index in [4.69, 9.17) is 14.8 Å². The minimum Gasteiger partial charge on any atom is -0.444 e. The van der Waals surface area contributed by atoms with Crippen LogP contribution in [0.5, 0.6) is 0 Å². The van der Waals surface area contributed by atoms with Crippen LogP contribution >= 0.6 is 0 Å². The first-order valence-electron chi connectivity index (χ1n) is 4.74. The SMILES string of the molecule is C[C@H](/C=C/B(O)O)NC(=O)OC(C)(C)C. The zero-order chi connectivity index (χ0) is 12.1. The number of rotatable bonds is 3. The number of amides is 1. The zero-order valence-corrected chi connectivity index (χ0v) is 9.52. The Hall–Kier alpha value is -1.01. The number of alkyl carbamates (subject to hydrolysis) is 1. The summed E-state index contributed by atoms with van der Waals surface area (Å²) in [5.74, 6) is 1.17. The van der Waals surface area contributed by atoms with E-state index in [-0.39, 0.29) is 6.04 Å². The normalized spacial score (nSPS) is 13.7. The lowest BCUT2D eigenvalue weighted by Crippen LogP contribution is -2.37. The van der Waals surface area contributed by atoms with Crippen LogP contribution in [-0.4, -0.2) is 34.9 Å². The molecule has 0 aromatic carbocycles. The van der Waals surface area contributed by atoms with Crippen molar-refractivity contribution in [1.29, 1.82) is 0 Å². The van der Waals surface area contributed by atoms with Crippen LogP contribution in [0.2, 0.25) is 0 Å². The van der Waals surface area contributed by atoms with Crippen molar-refractivity contribution in [3.05, 3.63) is 12.1 Å². The van der Waals surface area contributed by atoms with Gasteiger partial charge >= 0.3 is 13.2 Å². The van der Waals surface area contributed by atoms with E-state index in [9.17, 15) is 4.79 Å². The zero-order valence-electron chi connectivity index (χ0n) is 9.52. The van der Waals surface area contributed by atoms with Crippen LogP contribution in [0, 0.1) is 0 Å². The third-order valence-electron chi connectivity index (χ3n) is 1.32. The molecule has 0 saturated carbocycles. The highest BCUT2D eigenvalue weighted by Gasteiger charge is 2.16. The Morgan fingerprint density at radius 2 is 2.00 bits per heavy atom. The molecule has 0 aliphatic heterocycles. The van der Waals surface area contributed by atoms with Gasteiger partial charge in [0.25, 0.3) is 0 Å². The van der Waals surface area contributed by atoms with Crippen LogP contribution in [-0.2, 0) is 4.74 Å². The number of carbonyl (C=O) groups is 1. The van der Waals surface area contributed by atoms with Crippen molar-refractivity contribution in [3.63, 3.8) is 0 Å². The molecular formula is C9H18BNO4. The predicted octanol–water partition coefficient (Wildman–Crippen LogP) is 0.468. The van der Waals surface area contributed by atoms with Gasteiger partial charge in [-0.05, 0) is 27.7 Å². The summed E-state index contributed by atoms with van der Waals surface area (Å²) in [6.45, 7) is 7.00. The number of ether oxygens (including phenoxy) is 1. The Labute approximate surface area is 90.3 Å². The minimum atomic E-state index is -1.51. The third kappa shape index (κ3) is 9.30. The van der Waals surface area contributed by atoms with Gasteiger partial charge in [-0.25, -0.2) is 4.79 Å². The van der Waals surface area contributed by atoms with Crippen molar-refractivity contribution < 1.29 is 19.6 Å². The molecule has 0 fully saturated rings. The molecule has 6 heteroatoms. The van der Waals surface area contributed by atoms with E-state index < -0.39 is 18.8 Å². The Morgan fingerprint density at radius 3 is 2.40 bits per heavy atom. The van der Waals surface area contributed by atoms with E-state index in [1.807, 2.05) is 0 Å². The smallest absolute Gasteiger partial charge is 0.444 e. The summed E-state index contributed by atoms with van der Waals surface area (Å²) in [5, 5.41) is 19.6. The number of hydrogen-bond acceptors (Lipinski definition) is 4. The van der Waals surface area contributed by atoms with Crippen molar-refractivity contribution in [2.45, 2.75) is 39.3 Å². The average Bonchev–Trinajstić information content (AvgIpc) is 1.96. The Morgan fingerprint density at radius 1 is 1.47 bits per heavy atom. The van der Waals surface area contributed by atoms with Gasteiger partial charge in [-0.15, -0.1) is 0 Å². The standard InChI is InChI=1S/C9H18BNO4/c1-7(5-6-10(13)14)11-8(12)15-9(2,3)4/h5-7,13-14H,1-4H3,(H,11,12)/b6-5+/t7-/m1/s1. The molecule has 86 valence electrons. The van der Waals surface area contributed by atoms with Gasteiger partial charge in [0.15, 0.2) is 0 Å². The van der Waals surface area contributed by atoms with E-state index in [0.717, 1.165) is 0 Å². The van der Waals surface area contributed by atoms with Gasteiger partial charge < -0.3 is 20.1 Å². The lowest BCUT2D eigenvalue weighted by molar-refractivity contribution is 0.0518. The van der Waals surface area contributed by atoms with Gasteiger partial charge in [-0.1, -0.05) is 12.1 Å². The maximum absolute atomic E-state index is 11.2. The highest BCUT2D eigenvalue weighted by Crippen LogP contribution is 2.06. The highest BCUT2D eigenvalue weighted by atomic mass is 16.6. The quantitative estimate of drug-likeness (QED) is 0.598. The maximum Gasteiger partial charge on any atom is 0.480 e. The van der Waals surface area contributed by atoms with Gasteiger partial charge in [-0.2, -0.15) is 0 Å². The molecule has 0 aliphatic rings. The summed E-state index contributed by atoms with van der Waals surface area (Å²) < 4.78 is 5.01. The molecule has 0 aromatic rings. The monoisotopic (exact) mass is 215 g/mol. The first kappa shape index (κ1) is 14.0. The minimum absolute atomic E-state index is 0.318. The van der Waals surface area contributed by atoms with E-state index in [2.05, 4.69) is 5.32 Å². The summed E-state index contributed by atoms with van der Waals surface area (Å²) in [7, 11) is -1.51. The van der Waals surface area contributed by atoms with Crippen molar-refractivity contribution in [2.75, 3.05) is 0 Å². The second-order valence-corrected chi connectivity index (χ2v) is 4.23. The van der Waals surface area contributed by atoms with Crippen molar-refractivity contribution >= 4 is 13.2 Å². The predicted molar refractivity (Wildman–Crippen MR) is 58.2 cm³/mol. The molecule has 0 unspecified atom stereocenters. The molecule has 0 rings (SSSR count). The van der Waals surface area contributed by atoms with Crippen molar-refractivity contribution in [2.24, 2.45) is 0 Å². The van der Waals surface area contributed by atoms with Crippen molar-refractivity contribution in [1.82, 2.24) is 5.32 Å². The average molecular weight is 215 g/mol. The first-order chi connectivity index (χ1) is 6.70. The molecule has 5 nitrogen and oxygen atoms in total. The molecule has 15 heavy (non-hydrogen) atoms. The Bertz CT molecular complexity index is 235. The Kier molecular flexibility index (Phi) is 5.39. The molecule has 0 saturated heterocycles. The van der Waals surface area contributed by atoms with Gasteiger partial charge in [0.1, 0.15) is 5.60 Å². The summed E-state index contributed by atoms with van der Waals surface area (Å²) in [6, 6.07) is -0.318. The molecule has 0 radical (unpaired) electrons. The second-order valence-electron chi connectivity index (χ2n) is 4.23. The summed E-state index contributed by atoms with van der Waals surface area (Å²) in [4.78, 5) is 11.2. The van der Waals surface area contributed by atoms with Crippen LogP contribution in [0.25, 0.3) is 0 Å². The van der Waals surface area contributed by atoms with Gasteiger partial charge in [0, 0.05) is 6.04 Å². The number of nitrogens with one attached hydrogen (secondary N) is 1. The van der Waals surface area contributed by atoms with Crippen LogP contribution in [0.15, 0.2) is 12.1 Å². The number of hydrogen-bond donors (Lipinski definition) is 3. The number of carbonyl (C=O) groups excluding carboxylic acids is 1. The fraction of sp³-hybridized carbons (Fsp3) is 0.667. The fourth-order valence-electron chi connectivity index (χ4n) is 0.808. The molecule has 0 bridgehead atoms. The van der Waals surface area contributed by atoms with Gasteiger partial charge in [-0.3, -0.25) is 0 Å². The summed E-state index contributed by atoms with van der Waals surface area (Å²) in [6.07, 6.45) is 0.932. The van der Waals surface area contributed by atoms with Crippen molar-refractivity contribution in [3.8, 4) is 0 Å². The third-order valence-corrected chi connectivity index (χ3v) is 1.32. The lowest BCUT2D eigenvalue weighted by atomic mass is 9.91. The largest absolute Gasteiger partial charge is 0.480 e. The topological polar surface area (TPSA) is 78.8 Å². The molecule has 0 aliphatic carbocycles. The van der Waals surface area contributed by atoms with E-state index in [1.165, 1.54) is 12.1 Å². The van der Waals surface area contributed by atoms with Gasteiger partial charge in [0.05, 0.1) is 0 Å². The fourth-order valence-corrected chi connectivity index (χ4v) is 0.808. The maximum atomic E-state index is 11.2. The van der Waals surface area contributed by atoms with Crippen LogP contribution < -0.4 is 5.32 Å². The first-order valence-corrected chi connectivity index (χ1v) is 4.74.